The summed E-state index contributed by atoms with van der Waals surface area (Å²) in [5.41, 5.74) is 9.28. The summed E-state index contributed by atoms with van der Waals surface area (Å²) in [5, 5.41) is 6.92. The van der Waals surface area contributed by atoms with Gasteiger partial charge in [0.1, 0.15) is 0 Å². The third-order valence-electron chi connectivity index (χ3n) is 5.70. The minimum Gasteiger partial charge on any atom is -0.396 e. The first-order valence-electron chi connectivity index (χ1n) is 8.81. The summed E-state index contributed by atoms with van der Waals surface area (Å²) < 4.78 is 0. The number of rotatable bonds is 2. The van der Waals surface area contributed by atoms with Crippen molar-refractivity contribution in [1.82, 2.24) is 15.1 Å². The molecule has 3 heterocycles. The standard InChI is InChI=1S/C19H23N5O2/c1-19(2)13-8-11(4-5-15(13)23(3)18(19)26)17(25)24-7-6-12(10-24)16-14(20)9-21-22-16/h4-5,8-9,12H,6-7,10,20H2,1-3H3,(H,21,22). The van der Waals surface area contributed by atoms with Crippen molar-refractivity contribution in [1.29, 1.82) is 0 Å². The molecule has 2 amide bonds. The molecule has 2 aliphatic heterocycles. The highest BCUT2D eigenvalue weighted by Gasteiger charge is 2.42. The number of nitrogens with two attached hydrogens (primary N) is 1. The second-order valence-electron chi connectivity index (χ2n) is 7.70. The lowest BCUT2D eigenvalue weighted by molar-refractivity contribution is -0.121. The Kier molecular flexibility index (Phi) is 3.57. The van der Waals surface area contributed by atoms with Gasteiger partial charge in [0.25, 0.3) is 5.91 Å². The van der Waals surface area contributed by atoms with Gasteiger partial charge in [-0.3, -0.25) is 14.7 Å². The molecule has 136 valence electrons. The number of nitrogens with one attached hydrogen (secondary N) is 1. The number of H-pyrrole nitrogens is 1. The van der Waals surface area contributed by atoms with E-state index in [1.54, 1.807) is 18.1 Å². The van der Waals surface area contributed by atoms with Crippen LogP contribution < -0.4 is 10.6 Å². The first-order valence-corrected chi connectivity index (χ1v) is 8.81. The van der Waals surface area contributed by atoms with E-state index in [-0.39, 0.29) is 17.7 Å². The second-order valence-corrected chi connectivity index (χ2v) is 7.70. The van der Waals surface area contributed by atoms with E-state index in [9.17, 15) is 9.59 Å². The maximum Gasteiger partial charge on any atom is 0.253 e. The van der Waals surface area contributed by atoms with Gasteiger partial charge >= 0.3 is 0 Å². The zero-order chi connectivity index (χ0) is 18.6. The van der Waals surface area contributed by atoms with E-state index in [1.165, 1.54) is 0 Å². The Hall–Kier alpha value is -2.83. The SMILES string of the molecule is CN1C(=O)C(C)(C)c2cc(C(=O)N3CCC(c4[nH]ncc4N)C3)ccc21. The molecule has 1 fully saturated rings. The average Bonchev–Trinajstić information content (AvgIpc) is 3.30. The van der Waals surface area contributed by atoms with E-state index < -0.39 is 5.41 Å². The molecule has 2 aliphatic rings. The van der Waals surface area contributed by atoms with Crippen LogP contribution in [0.4, 0.5) is 11.4 Å². The van der Waals surface area contributed by atoms with Crippen molar-refractivity contribution in [3.05, 3.63) is 41.2 Å². The molecule has 1 aromatic heterocycles. The second kappa shape index (κ2) is 5.59. The summed E-state index contributed by atoms with van der Waals surface area (Å²) in [6.07, 6.45) is 2.46. The number of aromatic amines is 1. The van der Waals surface area contributed by atoms with Crippen LogP contribution in [0.3, 0.4) is 0 Å². The Morgan fingerprint density at radius 3 is 2.85 bits per heavy atom. The van der Waals surface area contributed by atoms with Crippen LogP contribution in [0, 0.1) is 0 Å². The minimum atomic E-state index is -0.613. The number of carbonyl (C=O) groups is 2. The number of likely N-dealkylation sites (N-methyl/N-ethyl adjacent to an activating group) is 1. The van der Waals surface area contributed by atoms with Gasteiger partial charge in [0.15, 0.2) is 0 Å². The van der Waals surface area contributed by atoms with Crippen LogP contribution in [0.1, 0.15) is 47.8 Å². The topological polar surface area (TPSA) is 95.3 Å². The molecular formula is C19H23N5O2. The van der Waals surface area contributed by atoms with Crippen LogP contribution in [-0.4, -0.2) is 47.0 Å². The number of hydrogen-bond acceptors (Lipinski definition) is 4. The quantitative estimate of drug-likeness (QED) is 0.862. The number of fused-ring (bicyclic) bond motifs is 1. The highest BCUT2D eigenvalue weighted by atomic mass is 16.2. The Balaban J connectivity index is 1.58. The van der Waals surface area contributed by atoms with Crippen molar-refractivity contribution < 1.29 is 9.59 Å². The molecule has 1 aromatic carbocycles. The van der Waals surface area contributed by atoms with Gasteiger partial charge in [-0.25, -0.2) is 0 Å². The predicted molar refractivity (Wildman–Crippen MR) is 99.1 cm³/mol. The maximum atomic E-state index is 13.0. The van der Waals surface area contributed by atoms with Crippen molar-refractivity contribution in [3.63, 3.8) is 0 Å². The fourth-order valence-electron chi connectivity index (χ4n) is 4.10. The van der Waals surface area contributed by atoms with Crippen LogP contribution in [0.5, 0.6) is 0 Å². The summed E-state index contributed by atoms with van der Waals surface area (Å²) in [7, 11) is 1.78. The van der Waals surface area contributed by atoms with E-state index in [0.717, 1.165) is 23.4 Å². The molecule has 3 N–H and O–H groups in total. The van der Waals surface area contributed by atoms with Crippen LogP contribution in [-0.2, 0) is 10.2 Å². The minimum absolute atomic E-state index is 0.00816. The Bertz CT molecular complexity index is 901. The van der Waals surface area contributed by atoms with Crippen LogP contribution >= 0.6 is 0 Å². The lowest BCUT2D eigenvalue weighted by atomic mass is 9.85. The monoisotopic (exact) mass is 353 g/mol. The summed E-state index contributed by atoms with van der Waals surface area (Å²) in [4.78, 5) is 28.9. The van der Waals surface area contributed by atoms with E-state index in [4.69, 9.17) is 5.73 Å². The van der Waals surface area contributed by atoms with Gasteiger partial charge in [0.2, 0.25) is 5.91 Å². The maximum absolute atomic E-state index is 13.0. The van der Waals surface area contributed by atoms with E-state index in [0.29, 0.717) is 24.3 Å². The van der Waals surface area contributed by atoms with Gasteiger partial charge in [0, 0.05) is 37.3 Å². The molecule has 0 aliphatic carbocycles. The Morgan fingerprint density at radius 2 is 2.15 bits per heavy atom. The lowest BCUT2D eigenvalue weighted by Gasteiger charge is -2.19. The summed E-state index contributed by atoms with van der Waals surface area (Å²) >= 11 is 0. The Labute approximate surface area is 152 Å². The average molecular weight is 353 g/mol. The van der Waals surface area contributed by atoms with Crippen molar-refractivity contribution in [3.8, 4) is 0 Å². The molecule has 7 heteroatoms. The predicted octanol–water partition coefficient (Wildman–Crippen LogP) is 1.88. The van der Waals surface area contributed by atoms with Crippen molar-refractivity contribution in [2.75, 3.05) is 30.8 Å². The molecule has 7 nitrogen and oxygen atoms in total. The molecule has 0 radical (unpaired) electrons. The molecular weight excluding hydrogens is 330 g/mol. The van der Waals surface area contributed by atoms with E-state index in [2.05, 4.69) is 10.2 Å². The number of hydrogen-bond donors (Lipinski definition) is 2. The van der Waals surface area contributed by atoms with E-state index in [1.807, 2.05) is 36.9 Å². The van der Waals surface area contributed by atoms with E-state index >= 15 is 0 Å². The molecule has 1 atom stereocenters. The highest BCUT2D eigenvalue weighted by molar-refractivity contribution is 6.08. The number of nitrogen functional groups attached to an aromatic ring is 1. The Morgan fingerprint density at radius 1 is 1.38 bits per heavy atom. The number of anilines is 2. The fraction of sp³-hybridized carbons (Fsp3) is 0.421. The van der Waals surface area contributed by atoms with Gasteiger partial charge in [-0.05, 0) is 44.0 Å². The molecule has 2 aromatic rings. The number of amides is 2. The van der Waals surface area contributed by atoms with Crippen LogP contribution in [0.15, 0.2) is 24.4 Å². The van der Waals surface area contributed by atoms with Crippen molar-refractivity contribution in [2.45, 2.75) is 31.6 Å². The zero-order valence-electron chi connectivity index (χ0n) is 15.2. The summed E-state index contributed by atoms with van der Waals surface area (Å²) in [6.45, 7) is 5.10. The van der Waals surface area contributed by atoms with Crippen molar-refractivity contribution >= 4 is 23.2 Å². The van der Waals surface area contributed by atoms with Gasteiger partial charge in [0.05, 0.1) is 23.0 Å². The summed E-state index contributed by atoms with van der Waals surface area (Å²) in [5.74, 6) is 0.222. The third kappa shape index (κ3) is 2.30. The molecule has 26 heavy (non-hydrogen) atoms. The first kappa shape index (κ1) is 16.6. The number of benzene rings is 1. The third-order valence-corrected chi connectivity index (χ3v) is 5.70. The van der Waals surface area contributed by atoms with Gasteiger partial charge in [-0.15, -0.1) is 0 Å². The molecule has 1 saturated heterocycles. The molecule has 0 saturated carbocycles. The van der Waals surface area contributed by atoms with Gasteiger partial charge in [-0.2, -0.15) is 5.10 Å². The number of aromatic nitrogens is 2. The number of nitrogens with zero attached hydrogens (tertiary/aromatic N) is 3. The van der Waals surface area contributed by atoms with Gasteiger partial charge in [-0.1, -0.05) is 0 Å². The molecule has 1 unspecified atom stereocenters. The summed E-state index contributed by atoms with van der Waals surface area (Å²) in [6, 6.07) is 5.55. The smallest absolute Gasteiger partial charge is 0.253 e. The normalized spacial score (nSPS) is 21.3. The van der Waals surface area contributed by atoms with Gasteiger partial charge < -0.3 is 15.5 Å². The number of carbonyl (C=O) groups excluding carboxylic acids is 2. The molecule has 4 rings (SSSR count). The van der Waals surface area contributed by atoms with Crippen LogP contribution in [0.25, 0.3) is 0 Å². The van der Waals surface area contributed by atoms with Crippen LogP contribution in [0.2, 0.25) is 0 Å². The molecule has 0 spiro atoms. The lowest BCUT2D eigenvalue weighted by Crippen LogP contribution is -2.33. The zero-order valence-corrected chi connectivity index (χ0v) is 15.2. The number of likely N-dealkylation sites (tertiary alicyclic amines) is 1. The molecule has 0 bridgehead atoms. The fourth-order valence-corrected chi connectivity index (χ4v) is 4.10. The first-order chi connectivity index (χ1) is 12.3. The van der Waals surface area contributed by atoms with Crippen molar-refractivity contribution in [2.24, 2.45) is 0 Å². The largest absolute Gasteiger partial charge is 0.396 e. The highest BCUT2D eigenvalue weighted by Crippen LogP contribution is 2.41.